The Hall–Kier alpha value is -2.31. The first-order valence-corrected chi connectivity index (χ1v) is 5.36. The van der Waals surface area contributed by atoms with E-state index in [1.54, 1.807) is 6.20 Å². The van der Waals surface area contributed by atoms with Crippen molar-refractivity contribution in [3.8, 4) is 11.4 Å². The van der Waals surface area contributed by atoms with Crippen molar-refractivity contribution >= 4 is 10.9 Å². The van der Waals surface area contributed by atoms with Gasteiger partial charge in [-0.3, -0.25) is 9.82 Å². The van der Waals surface area contributed by atoms with E-state index in [0.29, 0.717) is 11.7 Å². The van der Waals surface area contributed by atoms with Gasteiger partial charge in [-0.2, -0.15) is 4.98 Å². The normalized spacial score (nSPS) is 10.9. The van der Waals surface area contributed by atoms with Crippen LogP contribution in [0.25, 0.3) is 22.3 Å². The predicted molar refractivity (Wildman–Crippen MR) is 64.0 cm³/mol. The minimum atomic E-state index is 0.0993. The first kappa shape index (κ1) is 10.8. The number of hydrogen-bond donors (Lipinski definition) is 1. The van der Waals surface area contributed by atoms with E-state index in [1.165, 1.54) is 0 Å². The molecule has 0 amide bonds. The molecule has 0 saturated heterocycles. The number of fused-ring (bicyclic) bond motifs is 1. The van der Waals surface area contributed by atoms with Crippen LogP contribution in [0.3, 0.4) is 0 Å². The molecule has 0 fully saturated rings. The standard InChI is InChI=1S/C12H10N4O2/c13-17-7-11-15-12(16-18-11)9-3-4-10-8(6-9)2-1-5-14-10/h1-6H,7,13H2. The SMILES string of the molecule is NOCc1nc(-c2ccc3ncccc3c2)no1. The summed E-state index contributed by atoms with van der Waals surface area (Å²) in [4.78, 5) is 12.9. The third-order valence-corrected chi connectivity index (χ3v) is 2.54. The van der Waals surface area contributed by atoms with Gasteiger partial charge in [0.05, 0.1) is 5.52 Å². The predicted octanol–water partition coefficient (Wildman–Crippen LogP) is 1.68. The molecule has 3 rings (SSSR count). The number of pyridine rings is 1. The number of nitrogens with two attached hydrogens (primary N) is 1. The molecule has 3 aromatic rings. The number of aromatic nitrogens is 3. The number of benzene rings is 1. The van der Waals surface area contributed by atoms with Gasteiger partial charge < -0.3 is 4.52 Å². The van der Waals surface area contributed by atoms with Gasteiger partial charge in [0, 0.05) is 17.1 Å². The highest BCUT2D eigenvalue weighted by Crippen LogP contribution is 2.21. The maximum Gasteiger partial charge on any atom is 0.255 e. The van der Waals surface area contributed by atoms with Crippen LogP contribution in [0.5, 0.6) is 0 Å². The molecule has 90 valence electrons. The Kier molecular flexibility index (Phi) is 2.71. The number of nitrogens with zero attached hydrogens (tertiary/aromatic N) is 3. The van der Waals surface area contributed by atoms with E-state index >= 15 is 0 Å². The molecule has 0 aliphatic heterocycles. The summed E-state index contributed by atoms with van der Waals surface area (Å²) in [6.07, 6.45) is 1.76. The van der Waals surface area contributed by atoms with Crippen molar-refractivity contribution in [3.63, 3.8) is 0 Å². The zero-order valence-electron chi connectivity index (χ0n) is 9.41. The summed E-state index contributed by atoms with van der Waals surface area (Å²) >= 11 is 0. The molecule has 2 heterocycles. The Labute approximate surface area is 102 Å². The topological polar surface area (TPSA) is 87.1 Å². The van der Waals surface area contributed by atoms with Gasteiger partial charge in [-0.25, -0.2) is 5.90 Å². The maximum atomic E-state index is 4.99. The van der Waals surface area contributed by atoms with Crippen LogP contribution in [-0.2, 0) is 11.4 Å². The zero-order valence-corrected chi connectivity index (χ0v) is 9.41. The highest BCUT2D eigenvalue weighted by Gasteiger charge is 2.08. The smallest absolute Gasteiger partial charge is 0.255 e. The summed E-state index contributed by atoms with van der Waals surface area (Å²) in [6.45, 7) is 0.0993. The molecule has 0 spiro atoms. The molecule has 0 unspecified atom stereocenters. The third-order valence-electron chi connectivity index (χ3n) is 2.54. The van der Waals surface area contributed by atoms with Crippen LogP contribution in [0, 0.1) is 0 Å². The molecule has 0 saturated carbocycles. The van der Waals surface area contributed by atoms with E-state index in [1.807, 2.05) is 30.3 Å². The van der Waals surface area contributed by atoms with Crippen molar-refractivity contribution in [1.29, 1.82) is 0 Å². The molecule has 2 N–H and O–H groups in total. The van der Waals surface area contributed by atoms with Crippen LogP contribution in [-0.4, -0.2) is 15.1 Å². The molecule has 6 heteroatoms. The van der Waals surface area contributed by atoms with Crippen LogP contribution in [0.1, 0.15) is 5.89 Å². The zero-order chi connectivity index (χ0) is 12.4. The lowest BCUT2D eigenvalue weighted by Crippen LogP contribution is -1.98. The lowest BCUT2D eigenvalue weighted by Gasteiger charge is -1.98. The molecule has 1 aromatic carbocycles. The highest BCUT2D eigenvalue weighted by atomic mass is 16.6. The van der Waals surface area contributed by atoms with E-state index < -0.39 is 0 Å². The van der Waals surface area contributed by atoms with Crippen molar-refractivity contribution in [2.24, 2.45) is 5.90 Å². The van der Waals surface area contributed by atoms with E-state index in [-0.39, 0.29) is 6.61 Å². The second kappa shape index (κ2) is 4.52. The number of rotatable bonds is 3. The van der Waals surface area contributed by atoms with Gasteiger partial charge in [-0.05, 0) is 24.3 Å². The largest absolute Gasteiger partial charge is 0.336 e. The Morgan fingerprint density at radius 3 is 3.11 bits per heavy atom. The van der Waals surface area contributed by atoms with Gasteiger partial charge in [-0.15, -0.1) is 0 Å². The van der Waals surface area contributed by atoms with Crippen LogP contribution >= 0.6 is 0 Å². The van der Waals surface area contributed by atoms with Gasteiger partial charge in [0.1, 0.15) is 6.61 Å². The molecule has 18 heavy (non-hydrogen) atoms. The van der Waals surface area contributed by atoms with Crippen molar-refractivity contribution in [3.05, 3.63) is 42.4 Å². The minimum absolute atomic E-state index is 0.0993. The van der Waals surface area contributed by atoms with Crippen molar-refractivity contribution in [2.45, 2.75) is 6.61 Å². The molecule has 0 atom stereocenters. The first-order valence-electron chi connectivity index (χ1n) is 5.36. The van der Waals surface area contributed by atoms with Crippen molar-refractivity contribution in [2.75, 3.05) is 0 Å². The summed E-state index contributed by atoms with van der Waals surface area (Å²) < 4.78 is 4.99. The molecule has 2 aromatic heterocycles. The van der Waals surface area contributed by atoms with E-state index in [2.05, 4.69) is 20.0 Å². The second-order valence-electron chi connectivity index (χ2n) is 3.73. The van der Waals surface area contributed by atoms with Gasteiger partial charge in [-0.1, -0.05) is 11.2 Å². The lowest BCUT2D eigenvalue weighted by molar-refractivity contribution is 0.0996. The average molecular weight is 242 g/mol. The fraction of sp³-hybridized carbons (Fsp3) is 0.0833. The Balaban J connectivity index is 2.02. The molecule has 6 nitrogen and oxygen atoms in total. The van der Waals surface area contributed by atoms with E-state index in [9.17, 15) is 0 Å². The maximum absolute atomic E-state index is 4.99. The van der Waals surface area contributed by atoms with Crippen molar-refractivity contribution in [1.82, 2.24) is 15.1 Å². The fourth-order valence-corrected chi connectivity index (χ4v) is 1.72. The third kappa shape index (κ3) is 1.94. The summed E-state index contributed by atoms with van der Waals surface area (Å²) in [5.41, 5.74) is 1.79. The average Bonchev–Trinajstić information content (AvgIpc) is 2.87. The molecule has 0 bridgehead atoms. The van der Waals surface area contributed by atoms with E-state index in [4.69, 9.17) is 10.4 Å². The fourth-order valence-electron chi connectivity index (χ4n) is 1.72. The van der Waals surface area contributed by atoms with Gasteiger partial charge in [0.25, 0.3) is 5.89 Å². The Morgan fingerprint density at radius 1 is 1.28 bits per heavy atom. The van der Waals surface area contributed by atoms with Gasteiger partial charge in [0.2, 0.25) is 5.82 Å². The van der Waals surface area contributed by atoms with Crippen molar-refractivity contribution < 1.29 is 9.36 Å². The molecule has 0 aliphatic carbocycles. The molecule has 0 radical (unpaired) electrons. The highest BCUT2D eigenvalue weighted by molar-refractivity contribution is 5.82. The number of hydrogen-bond acceptors (Lipinski definition) is 6. The Bertz CT molecular complexity index is 680. The first-order chi connectivity index (χ1) is 8.86. The van der Waals surface area contributed by atoms with Gasteiger partial charge in [0.15, 0.2) is 0 Å². The molecule has 0 aliphatic rings. The minimum Gasteiger partial charge on any atom is -0.336 e. The lowest BCUT2D eigenvalue weighted by atomic mass is 10.1. The van der Waals surface area contributed by atoms with Crippen LogP contribution < -0.4 is 5.90 Å². The van der Waals surface area contributed by atoms with Crippen LogP contribution in [0.15, 0.2) is 41.1 Å². The molecular formula is C12H10N4O2. The summed E-state index contributed by atoms with van der Waals surface area (Å²) in [6, 6.07) is 9.64. The van der Waals surface area contributed by atoms with E-state index in [0.717, 1.165) is 16.5 Å². The summed E-state index contributed by atoms with van der Waals surface area (Å²) in [5.74, 6) is 5.80. The monoisotopic (exact) mass is 242 g/mol. The van der Waals surface area contributed by atoms with Crippen LogP contribution in [0.2, 0.25) is 0 Å². The quantitative estimate of drug-likeness (QED) is 0.703. The van der Waals surface area contributed by atoms with Crippen LogP contribution in [0.4, 0.5) is 0 Å². The Morgan fingerprint density at radius 2 is 2.22 bits per heavy atom. The summed E-state index contributed by atoms with van der Waals surface area (Å²) in [5, 5.41) is 4.89. The van der Waals surface area contributed by atoms with Gasteiger partial charge >= 0.3 is 0 Å². The summed E-state index contributed by atoms with van der Waals surface area (Å²) in [7, 11) is 0. The molecular weight excluding hydrogens is 232 g/mol. The second-order valence-corrected chi connectivity index (χ2v) is 3.73.